The summed E-state index contributed by atoms with van der Waals surface area (Å²) in [4.78, 5) is 33.6. The van der Waals surface area contributed by atoms with Gasteiger partial charge in [-0.15, -0.1) is 0 Å². The van der Waals surface area contributed by atoms with E-state index >= 15 is 0 Å². The molecule has 0 fully saturated rings. The van der Waals surface area contributed by atoms with Gasteiger partial charge in [0.1, 0.15) is 17.1 Å². The number of furan rings is 1. The number of carbonyl (C=O) groups is 1. The predicted octanol–water partition coefficient (Wildman–Crippen LogP) is 2.37. The summed E-state index contributed by atoms with van der Waals surface area (Å²) in [6.45, 7) is 2.29. The van der Waals surface area contributed by atoms with E-state index in [0.29, 0.717) is 12.4 Å². The highest BCUT2D eigenvalue weighted by molar-refractivity contribution is 5.93. The molecule has 3 aromatic rings. The van der Waals surface area contributed by atoms with Gasteiger partial charge in [0.25, 0.3) is 11.5 Å². The van der Waals surface area contributed by atoms with Gasteiger partial charge in [-0.25, -0.2) is 4.98 Å². The molecule has 2 N–H and O–H groups in total. The first-order valence-corrected chi connectivity index (χ1v) is 8.60. The fraction of sp³-hybridized carbons (Fsp3) is 0.250. The van der Waals surface area contributed by atoms with Gasteiger partial charge in [0.15, 0.2) is 0 Å². The number of carbonyl (C=O) groups excluding carboxylic acids is 1. The minimum Gasteiger partial charge on any atom is -0.468 e. The number of H-pyrrole nitrogens is 1. The van der Waals surface area contributed by atoms with E-state index in [1.807, 2.05) is 56.3 Å². The van der Waals surface area contributed by atoms with Crippen LogP contribution in [0.4, 0.5) is 0 Å². The van der Waals surface area contributed by atoms with Crippen LogP contribution < -0.4 is 10.9 Å². The van der Waals surface area contributed by atoms with Crippen LogP contribution in [0.5, 0.6) is 0 Å². The van der Waals surface area contributed by atoms with Crippen LogP contribution in [-0.2, 0) is 0 Å². The third-order valence-electron chi connectivity index (χ3n) is 4.32. The summed E-state index contributed by atoms with van der Waals surface area (Å²) in [5.74, 6) is 0.693. The number of aryl methyl sites for hydroxylation is 1. The third kappa shape index (κ3) is 4.32. The zero-order chi connectivity index (χ0) is 19.4. The van der Waals surface area contributed by atoms with Crippen molar-refractivity contribution in [1.82, 2.24) is 20.2 Å². The number of likely N-dealkylation sites (N-methyl/N-ethyl adjacent to an activating group) is 1. The van der Waals surface area contributed by atoms with E-state index in [4.69, 9.17) is 4.42 Å². The summed E-state index contributed by atoms with van der Waals surface area (Å²) in [7, 11) is 3.79. The molecule has 0 spiro atoms. The molecule has 7 nitrogen and oxygen atoms in total. The van der Waals surface area contributed by atoms with Crippen LogP contribution in [0.15, 0.2) is 58.1 Å². The fourth-order valence-electron chi connectivity index (χ4n) is 2.72. The summed E-state index contributed by atoms with van der Waals surface area (Å²) in [6, 6.07) is 11.1. The summed E-state index contributed by atoms with van der Waals surface area (Å²) >= 11 is 0. The van der Waals surface area contributed by atoms with Crippen molar-refractivity contribution in [2.45, 2.75) is 13.0 Å². The van der Waals surface area contributed by atoms with Gasteiger partial charge in [-0.3, -0.25) is 14.5 Å². The molecule has 0 bridgehead atoms. The largest absolute Gasteiger partial charge is 0.468 e. The lowest BCUT2D eigenvalue weighted by Gasteiger charge is -2.22. The predicted molar refractivity (Wildman–Crippen MR) is 102 cm³/mol. The van der Waals surface area contributed by atoms with E-state index in [1.165, 1.54) is 6.20 Å². The molecule has 0 saturated carbocycles. The Morgan fingerprint density at radius 1 is 1.26 bits per heavy atom. The smallest absolute Gasteiger partial charge is 0.264 e. The maximum atomic E-state index is 12.4. The zero-order valence-corrected chi connectivity index (χ0v) is 15.5. The number of nitrogens with zero attached hydrogens (tertiary/aromatic N) is 2. The van der Waals surface area contributed by atoms with Crippen molar-refractivity contribution < 1.29 is 9.21 Å². The van der Waals surface area contributed by atoms with E-state index in [9.17, 15) is 9.59 Å². The highest BCUT2D eigenvalue weighted by atomic mass is 16.3. The van der Waals surface area contributed by atoms with E-state index in [0.717, 1.165) is 16.9 Å². The van der Waals surface area contributed by atoms with Gasteiger partial charge < -0.3 is 14.7 Å². The van der Waals surface area contributed by atoms with Gasteiger partial charge >= 0.3 is 0 Å². The second kappa shape index (κ2) is 8.01. The number of amides is 1. The first kappa shape index (κ1) is 18.6. The van der Waals surface area contributed by atoms with Crippen molar-refractivity contribution in [1.29, 1.82) is 0 Å². The molecule has 0 radical (unpaired) electrons. The van der Waals surface area contributed by atoms with Gasteiger partial charge in [-0.1, -0.05) is 29.8 Å². The third-order valence-corrected chi connectivity index (χ3v) is 4.32. The molecule has 7 heteroatoms. The number of hydrogen-bond donors (Lipinski definition) is 2. The van der Waals surface area contributed by atoms with Gasteiger partial charge in [0.05, 0.1) is 12.3 Å². The van der Waals surface area contributed by atoms with E-state index in [-0.39, 0.29) is 11.6 Å². The Kier molecular flexibility index (Phi) is 5.52. The SMILES string of the molecule is Cc1ccc(-c2ncc(C(=O)NCC(c3ccco3)N(C)C)c(=O)[nH]2)cc1. The normalized spacial score (nSPS) is 12.1. The maximum Gasteiger partial charge on any atom is 0.264 e. The van der Waals surface area contributed by atoms with Crippen molar-refractivity contribution in [3.8, 4) is 11.4 Å². The van der Waals surface area contributed by atoms with Gasteiger partial charge in [0, 0.05) is 18.3 Å². The van der Waals surface area contributed by atoms with Gasteiger partial charge in [-0.05, 0) is 33.2 Å². The van der Waals surface area contributed by atoms with Crippen LogP contribution in [0, 0.1) is 6.92 Å². The molecule has 0 aliphatic heterocycles. The Balaban J connectivity index is 1.73. The first-order valence-electron chi connectivity index (χ1n) is 8.60. The molecule has 1 amide bonds. The van der Waals surface area contributed by atoms with E-state index in [1.54, 1.807) is 12.3 Å². The minimum atomic E-state index is -0.475. The quantitative estimate of drug-likeness (QED) is 0.699. The van der Waals surface area contributed by atoms with E-state index < -0.39 is 11.5 Å². The Morgan fingerprint density at radius 3 is 2.59 bits per heavy atom. The molecular formula is C20H22N4O3. The highest BCUT2D eigenvalue weighted by Crippen LogP contribution is 2.18. The van der Waals surface area contributed by atoms with Gasteiger partial charge in [-0.2, -0.15) is 0 Å². The second-order valence-corrected chi connectivity index (χ2v) is 6.55. The summed E-state index contributed by atoms with van der Waals surface area (Å²) in [5, 5.41) is 2.78. The molecule has 3 rings (SSSR count). The Hall–Kier alpha value is -3.19. The second-order valence-electron chi connectivity index (χ2n) is 6.55. The fourth-order valence-corrected chi connectivity index (χ4v) is 2.72. The number of nitrogens with one attached hydrogen (secondary N) is 2. The molecule has 1 atom stereocenters. The van der Waals surface area contributed by atoms with Crippen LogP contribution in [0.25, 0.3) is 11.4 Å². The van der Waals surface area contributed by atoms with Crippen molar-refractivity contribution in [3.63, 3.8) is 0 Å². The van der Waals surface area contributed by atoms with Crippen molar-refractivity contribution >= 4 is 5.91 Å². The van der Waals surface area contributed by atoms with Crippen molar-refractivity contribution in [2.75, 3.05) is 20.6 Å². The summed E-state index contributed by atoms with van der Waals surface area (Å²) in [6.07, 6.45) is 2.90. The number of aromatic nitrogens is 2. The van der Waals surface area contributed by atoms with Crippen molar-refractivity contribution in [3.05, 3.63) is 76.1 Å². The number of benzene rings is 1. The Labute approximate surface area is 157 Å². The van der Waals surface area contributed by atoms with Crippen LogP contribution >= 0.6 is 0 Å². The molecule has 0 aliphatic rings. The number of rotatable bonds is 6. The van der Waals surface area contributed by atoms with E-state index in [2.05, 4.69) is 15.3 Å². The first-order chi connectivity index (χ1) is 13.0. The van der Waals surface area contributed by atoms with Gasteiger partial charge in [0.2, 0.25) is 0 Å². The highest BCUT2D eigenvalue weighted by Gasteiger charge is 2.19. The Morgan fingerprint density at radius 2 is 2.00 bits per heavy atom. The summed E-state index contributed by atoms with van der Waals surface area (Å²) < 4.78 is 5.42. The molecule has 0 aliphatic carbocycles. The number of hydrogen-bond acceptors (Lipinski definition) is 5. The average Bonchev–Trinajstić information content (AvgIpc) is 3.16. The van der Waals surface area contributed by atoms with Crippen LogP contribution in [0.1, 0.15) is 27.7 Å². The molecule has 2 heterocycles. The molecule has 27 heavy (non-hydrogen) atoms. The maximum absolute atomic E-state index is 12.4. The zero-order valence-electron chi connectivity index (χ0n) is 15.5. The molecule has 1 aromatic carbocycles. The molecule has 1 unspecified atom stereocenters. The van der Waals surface area contributed by atoms with Crippen LogP contribution in [0.2, 0.25) is 0 Å². The molecule has 0 saturated heterocycles. The lowest BCUT2D eigenvalue weighted by atomic mass is 10.1. The minimum absolute atomic E-state index is 0.0252. The average molecular weight is 366 g/mol. The number of aromatic amines is 1. The Bertz CT molecular complexity index is 960. The standard InChI is InChI=1S/C20H22N4O3/c1-13-6-8-14(9-7-13)18-21-11-15(20(26)23-18)19(25)22-12-16(24(2)3)17-5-4-10-27-17/h4-11,16H,12H2,1-3H3,(H,22,25)(H,21,23,26). The molecule has 2 aromatic heterocycles. The summed E-state index contributed by atoms with van der Waals surface area (Å²) in [5.41, 5.74) is 1.40. The monoisotopic (exact) mass is 366 g/mol. The van der Waals surface area contributed by atoms with Crippen molar-refractivity contribution in [2.24, 2.45) is 0 Å². The molecule has 140 valence electrons. The lowest BCUT2D eigenvalue weighted by Crippen LogP contribution is -2.36. The molecular weight excluding hydrogens is 344 g/mol. The van der Waals surface area contributed by atoms with Crippen LogP contribution in [-0.4, -0.2) is 41.4 Å². The lowest BCUT2D eigenvalue weighted by molar-refractivity contribution is 0.0937. The topological polar surface area (TPSA) is 91.2 Å². The van der Waals surface area contributed by atoms with Crippen LogP contribution in [0.3, 0.4) is 0 Å².